The summed E-state index contributed by atoms with van der Waals surface area (Å²) < 4.78 is 13.0. The number of fused-ring (bicyclic) bond motifs is 1. The van der Waals surface area contributed by atoms with Crippen molar-refractivity contribution >= 4 is 16.7 Å². The molecule has 3 aromatic rings. The van der Waals surface area contributed by atoms with Crippen LogP contribution in [0.5, 0.6) is 0 Å². The lowest BCUT2D eigenvalue weighted by Gasteiger charge is -2.16. The van der Waals surface area contributed by atoms with Crippen molar-refractivity contribution in [2.24, 2.45) is 0 Å². The van der Waals surface area contributed by atoms with E-state index in [1.807, 2.05) is 31.2 Å². The molecule has 0 spiro atoms. The van der Waals surface area contributed by atoms with E-state index in [9.17, 15) is 9.65 Å². The summed E-state index contributed by atoms with van der Waals surface area (Å²) in [6, 6.07) is 13.4. The van der Waals surface area contributed by atoms with E-state index in [1.54, 1.807) is 12.1 Å². The third-order valence-electron chi connectivity index (χ3n) is 3.41. The van der Waals surface area contributed by atoms with Crippen LogP contribution in [0.25, 0.3) is 11.0 Å². The number of nitrogens with zero attached hydrogens (tertiary/aromatic N) is 4. The molecule has 0 fully saturated rings. The minimum absolute atomic E-state index is 0.297. The third kappa shape index (κ3) is 2.72. The fourth-order valence-corrected chi connectivity index (χ4v) is 2.23. The van der Waals surface area contributed by atoms with Crippen molar-refractivity contribution in [2.45, 2.75) is 13.5 Å². The Kier molecular flexibility index (Phi) is 3.67. The van der Waals surface area contributed by atoms with Gasteiger partial charge in [-0.3, -0.25) is 4.90 Å². The summed E-state index contributed by atoms with van der Waals surface area (Å²) in [5.41, 5.74) is 3.75. The molecule has 0 atom stereocenters. The summed E-state index contributed by atoms with van der Waals surface area (Å²) in [5.74, 6) is -0.330. The molecule has 3 rings (SSSR count). The topological polar surface area (TPSA) is 52.8 Å². The lowest BCUT2D eigenvalue weighted by atomic mass is 10.2. The number of nitriles is 1. The number of aromatic nitrogens is 2. The molecule has 4 nitrogen and oxygen atoms in total. The fraction of sp³-hybridized carbons (Fsp3) is 0.118. The second-order valence-electron chi connectivity index (χ2n) is 4.91. The van der Waals surface area contributed by atoms with E-state index in [1.165, 1.54) is 17.0 Å². The molecule has 5 heteroatoms. The van der Waals surface area contributed by atoms with Gasteiger partial charge in [0.05, 0.1) is 34.7 Å². The highest BCUT2D eigenvalue weighted by atomic mass is 19.1. The summed E-state index contributed by atoms with van der Waals surface area (Å²) in [5, 5.41) is 9.35. The molecular weight excluding hydrogens is 279 g/mol. The molecule has 1 heterocycles. The summed E-state index contributed by atoms with van der Waals surface area (Å²) in [6.07, 6.45) is 2.10. The van der Waals surface area contributed by atoms with Gasteiger partial charge in [0.2, 0.25) is 0 Å². The van der Waals surface area contributed by atoms with Gasteiger partial charge in [-0.15, -0.1) is 0 Å². The monoisotopic (exact) mass is 292 g/mol. The van der Waals surface area contributed by atoms with E-state index in [2.05, 4.69) is 16.2 Å². The maximum Gasteiger partial charge on any atom is 0.184 e. The van der Waals surface area contributed by atoms with Crippen molar-refractivity contribution in [1.29, 1.82) is 5.26 Å². The standard InChI is InChI=1S/C17H13FN4/c1-12-17(21-16-5-3-2-4-15(16)20-12)10-22(11-19)14-8-6-13(18)7-9-14/h2-9H,10H2,1H3. The summed E-state index contributed by atoms with van der Waals surface area (Å²) >= 11 is 0. The molecule has 0 unspecified atom stereocenters. The Bertz CT molecular complexity index is 853. The van der Waals surface area contributed by atoms with Crippen molar-refractivity contribution in [3.8, 4) is 6.19 Å². The number of hydrogen-bond acceptors (Lipinski definition) is 4. The van der Waals surface area contributed by atoms with Gasteiger partial charge >= 0.3 is 0 Å². The summed E-state index contributed by atoms with van der Waals surface area (Å²) in [4.78, 5) is 10.6. The van der Waals surface area contributed by atoms with Crippen LogP contribution >= 0.6 is 0 Å². The van der Waals surface area contributed by atoms with Crippen LogP contribution in [0.15, 0.2) is 48.5 Å². The van der Waals surface area contributed by atoms with Gasteiger partial charge < -0.3 is 0 Å². The predicted octanol–water partition coefficient (Wildman–Crippen LogP) is 3.57. The lowest BCUT2D eigenvalue weighted by Crippen LogP contribution is -2.18. The van der Waals surface area contributed by atoms with E-state index in [4.69, 9.17) is 0 Å². The second-order valence-corrected chi connectivity index (χ2v) is 4.91. The molecule has 1 aromatic heterocycles. The van der Waals surface area contributed by atoms with E-state index in [0.29, 0.717) is 12.2 Å². The van der Waals surface area contributed by atoms with Crippen molar-refractivity contribution in [3.05, 3.63) is 65.7 Å². The first-order valence-corrected chi connectivity index (χ1v) is 6.82. The highest BCUT2D eigenvalue weighted by Crippen LogP contribution is 2.19. The van der Waals surface area contributed by atoms with Gasteiger partial charge in [-0.1, -0.05) is 12.1 Å². The molecule has 0 aliphatic heterocycles. The molecule has 0 radical (unpaired) electrons. The van der Waals surface area contributed by atoms with Crippen LogP contribution < -0.4 is 4.90 Å². The van der Waals surface area contributed by atoms with Crippen molar-refractivity contribution in [1.82, 2.24) is 9.97 Å². The normalized spacial score (nSPS) is 10.4. The smallest absolute Gasteiger partial charge is 0.184 e. The second kappa shape index (κ2) is 5.78. The van der Waals surface area contributed by atoms with Crippen LogP contribution in [-0.4, -0.2) is 9.97 Å². The molecular formula is C17H13FN4. The van der Waals surface area contributed by atoms with Gasteiger partial charge in [0.15, 0.2) is 6.19 Å². The van der Waals surface area contributed by atoms with E-state index < -0.39 is 0 Å². The number of rotatable bonds is 3. The van der Waals surface area contributed by atoms with Gasteiger partial charge in [-0.2, -0.15) is 5.26 Å². The first-order chi connectivity index (χ1) is 10.7. The van der Waals surface area contributed by atoms with Crippen LogP contribution in [0.3, 0.4) is 0 Å². The molecule has 0 saturated heterocycles. The molecule has 0 amide bonds. The van der Waals surface area contributed by atoms with Crippen molar-refractivity contribution < 1.29 is 4.39 Å². The Morgan fingerprint density at radius 2 is 1.68 bits per heavy atom. The molecule has 0 bridgehead atoms. The summed E-state index contributed by atoms with van der Waals surface area (Å²) in [6.45, 7) is 2.17. The average molecular weight is 292 g/mol. The lowest BCUT2D eigenvalue weighted by molar-refractivity contribution is 0.627. The van der Waals surface area contributed by atoms with Crippen LogP contribution in [-0.2, 0) is 6.54 Å². The van der Waals surface area contributed by atoms with Crippen LogP contribution in [0, 0.1) is 24.2 Å². The zero-order valence-corrected chi connectivity index (χ0v) is 12.0. The SMILES string of the molecule is Cc1nc2ccccc2nc1CN(C#N)c1ccc(F)cc1. The van der Waals surface area contributed by atoms with Gasteiger partial charge in [-0.25, -0.2) is 14.4 Å². The molecule has 22 heavy (non-hydrogen) atoms. The van der Waals surface area contributed by atoms with Gasteiger partial charge in [0.1, 0.15) is 5.82 Å². The Balaban J connectivity index is 1.95. The maximum atomic E-state index is 13.0. The molecule has 2 aromatic carbocycles. The van der Waals surface area contributed by atoms with E-state index in [0.717, 1.165) is 22.4 Å². The minimum Gasteiger partial charge on any atom is -0.273 e. The Morgan fingerprint density at radius 3 is 2.32 bits per heavy atom. The first kappa shape index (κ1) is 14.0. The Hall–Kier alpha value is -3.00. The minimum atomic E-state index is -0.330. The number of benzene rings is 2. The fourth-order valence-electron chi connectivity index (χ4n) is 2.23. The van der Waals surface area contributed by atoms with Gasteiger partial charge in [0.25, 0.3) is 0 Å². The summed E-state index contributed by atoms with van der Waals surface area (Å²) in [7, 11) is 0. The first-order valence-electron chi connectivity index (χ1n) is 6.82. The third-order valence-corrected chi connectivity index (χ3v) is 3.41. The molecule has 0 saturated carbocycles. The van der Waals surface area contributed by atoms with E-state index in [-0.39, 0.29) is 5.82 Å². The van der Waals surface area contributed by atoms with Crippen LogP contribution in [0.2, 0.25) is 0 Å². The Labute approximate surface area is 127 Å². The van der Waals surface area contributed by atoms with Crippen molar-refractivity contribution in [3.63, 3.8) is 0 Å². The zero-order valence-electron chi connectivity index (χ0n) is 12.0. The number of anilines is 1. The van der Waals surface area contributed by atoms with Crippen molar-refractivity contribution in [2.75, 3.05) is 4.90 Å². The number of aryl methyl sites for hydroxylation is 1. The maximum absolute atomic E-state index is 13.0. The highest BCUT2D eigenvalue weighted by molar-refractivity contribution is 5.74. The van der Waals surface area contributed by atoms with Gasteiger partial charge in [-0.05, 0) is 43.3 Å². The average Bonchev–Trinajstić information content (AvgIpc) is 2.54. The Morgan fingerprint density at radius 1 is 1.05 bits per heavy atom. The van der Waals surface area contributed by atoms with E-state index >= 15 is 0 Å². The molecule has 0 N–H and O–H groups in total. The van der Waals surface area contributed by atoms with Crippen LogP contribution in [0.1, 0.15) is 11.4 Å². The zero-order chi connectivity index (χ0) is 15.5. The number of para-hydroxylation sites is 2. The van der Waals surface area contributed by atoms with Crippen LogP contribution in [0.4, 0.5) is 10.1 Å². The largest absolute Gasteiger partial charge is 0.273 e. The molecule has 0 aliphatic carbocycles. The quantitative estimate of drug-likeness (QED) is 0.547. The number of hydrogen-bond donors (Lipinski definition) is 0. The highest BCUT2D eigenvalue weighted by Gasteiger charge is 2.11. The van der Waals surface area contributed by atoms with Gasteiger partial charge in [0, 0.05) is 0 Å². The molecule has 0 aliphatic rings. The molecule has 108 valence electrons. The number of halogens is 1. The predicted molar refractivity (Wildman–Crippen MR) is 82.5 cm³/mol.